The van der Waals surface area contributed by atoms with E-state index in [2.05, 4.69) is 0 Å². The Labute approximate surface area is 96.9 Å². The molecule has 0 amide bonds. The van der Waals surface area contributed by atoms with E-state index in [4.69, 9.17) is 5.73 Å². The van der Waals surface area contributed by atoms with Crippen LogP contribution in [0.2, 0.25) is 0 Å². The van der Waals surface area contributed by atoms with E-state index in [0.29, 0.717) is 0 Å². The lowest BCUT2D eigenvalue weighted by Gasteiger charge is -2.39. The van der Waals surface area contributed by atoms with Crippen LogP contribution in [0.4, 0.5) is 10.1 Å². The van der Waals surface area contributed by atoms with E-state index in [1.54, 1.807) is 13.8 Å². The number of nitrogen functional groups attached to an aromatic ring is 1. The minimum Gasteiger partial charge on any atom is -0.399 e. The third kappa shape index (κ3) is 1.70. The topological polar surface area (TPSA) is 26.0 Å². The second kappa shape index (κ2) is 3.76. The third-order valence-electron chi connectivity index (χ3n) is 4.06. The molecule has 0 saturated heterocycles. The van der Waals surface area contributed by atoms with Crippen molar-refractivity contribution in [2.75, 3.05) is 5.73 Å². The largest absolute Gasteiger partial charge is 0.399 e. The van der Waals surface area contributed by atoms with Crippen LogP contribution in [0.15, 0.2) is 24.3 Å². The number of nitrogens with two attached hydrogens (primary N) is 1. The van der Waals surface area contributed by atoms with Gasteiger partial charge in [-0.15, -0.1) is 0 Å². The molecule has 0 bridgehead atoms. The molecule has 88 valence electrons. The summed E-state index contributed by atoms with van der Waals surface area (Å²) in [6.07, 6.45) is 4.14. The predicted molar refractivity (Wildman–Crippen MR) is 66.2 cm³/mol. The van der Waals surface area contributed by atoms with Crippen molar-refractivity contribution in [3.05, 3.63) is 29.8 Å². The van der Waals surface area contributed by atoms with E-state index < -0.39 is 5.67 Å². The summed E-state index contributed by atoms with van der Waals surface area (Å²) in [5.41, 5.74) is 6.06. The summed E-state index contributed by atoms with van der Waals surface area (Å²) in [7, 11) is 0. The molecule has 2 rings (SSSR count). The summed E-state index contributed by atoms with van der Waals surface area (Å²) in [6, 6.07) is 7.73. The third-order valence-corrected chi connectivity index (χ3v) is 4.06. The lowest BCUT2D eigenvalue weighted by atomic mass is 9.68. The zero-order chi connectivity index (χ0) is 11.8. The second-order valence-corrected chi connectivity index (χ2v) is 5.38. The number of rotatable bonds is 2. The highest BCUT2D eigenvalue weighted by Crippen LogP contribution is 2.50. The monoisotopic (exact) mass is 221 g/mol. The SMILES string of the molecule is CC(C)(F)C1(c2ccc(N)cc2)CCCC1. The lowest BCUT2D eigenvalue weighted by Crippen LogP contribution is -2.41. The summed E-state index contributed by atoms with van der Waals surface area (Å²) in [6.45, 7) is 3.41. The maximum absolute atomic E-state index is 14.5. The number of hydrogen-bond donors (Lipinski definition) is 1. The zero-order valence-corrected chi connectivity index (χ0v) is 10.1. The molecular formula is C14H20FN. The van der Waals surface area contributed by atoms with Crippen molar-refractivity contribution in [2.24, 2.45) is 0 Å². The van der Waals surface area contributed by atoms with Gasteiger partial charge in [-0.25, -0.2) is 4.39 Å². The molecule has 0 unspecified atom stereocenters. The number of anilines is 1. The van der Waals surface area contributed by atoms with Gasteiger partial charge >= 0.3 is 0 Å². The fourth-order valence-electron chi connectivity index (χ4n) is 3.01. The van der Waals surface area contributed by atoms with Gasteiger partial charge in [-0.2, -0.15) is 0 Å². The van der Waals surface area contributed by atoms with Gasteiger partial charge in [0.2, 0.25) is 0 Å². The first-order valence-corrected chi connectivity index (χ1v) is 6.01. The van der Waals surface area contributed by atoms with Crippen LogP contribution in [0.25, 0.3) is 0 Å². The van der Waals surface area contributed by atoms with Gasteiger partial charge in [-0.1, -0.05) is 25.0 Å². The normalized spacial score (nSPS) is 19.9. The molecule has 1 aromatic rings. The molecule has 0 heterocycles. The van der Waals surface area contributed by atoms with Crippen LogP contribution in [-0.2, 0) is 5.41 Å². The second-order valence-electron chi connectivity index (χ2n) is 5.38. The Morgan fingerprint density at radius 2 is 1.62 bits per heavy atom. The summed E-state index contributed by atoms with van der Waals surface area (Å²) >= 11 is 0. The van der Waals surface area contributed by atoms with Crippen LogP contribution >= 0.6 is 0 Å². The summed E-state index contributed by atoms with van der Waals surface area (Å²) < 4.78 is 14.5. The maximum atomic E-state index is 14.5. The Bertz CT molecular complexity index is 355. The van der Waals surface area contributed by atoms with Crippen LogP contribution in [0.1, 0.15) is 45.1 Å². The summed E-state index contributed by atoms with van der Waals surface area (Å²) in [4.78, 5) is 0. The summed E-state index contributed by atoms with van der Waals surface area (Å²) in [5.74, 6) is 0. The van der Waals surface area contributed by atoms with Crippen LogP contribution in [0.3, 0.4) is 0 Å². The molecule has 1 fully saturated rings. The van der Waals surface area contributed by atoms with E-state index in [9.17, 15) is 4.39 Å². The van der Waals surface area contributed by atoms with Crippen LogP contribution < -0.4 is 5.73 Å². The average Bonchev–Trinajstić information content (AvgIpc) is 2.68. The van der Waals surface area contributed by atoms with Crippen molar-refractivity contribution in [2.45, 2.75) is 50.6 Å². The highest BCUT2D eigenvalue weighted by Gasteiger charge is 2.48. The van der Waals surface area contributed by atoms with Crippen molar-refractivity contribution in [1.29, 1.82) is 0 Å². The van der Waals surface area contributed by atoms with Crippen molar-refractivity contribution in [1.82, 2.24) is 0 Å². The van der Waals surface area contributed by atoms with Gasteiger partial charge < -0.3 is 5.73 Å². The van der Waals surface area contributed by atoms with E-state index in [-0.39, 0.29) is 5.41 Å². The predicted octanol–water partition coefficient (Wildman–Crippen LogP) is 3.83. The van der Waals surface area contributed by atoms with Crippen molar-refractivity contribution in [3.63, 3.8) is 0 Å². The standard InChI is InChI=1S/C14H20FN/c1-13(2,15)14(9-3-4-10-14)11-5-7-12(16)8-6-11/h5-8H,3-4,9-10,16H2,1-2H3. The van der Waals surface area contributed by atoms with Crippen molar-refractivity contribution in [3.8, 4) is 0 Å². The average molecular weight is 221 g/mol. The van der Waals surface area contributed by atoms with Crippen LogP contribution in [0.5, 0.6) is 0 Å². The minimum absolute atomic E-state index is 0.305. The van der Waals surface area contributed by atoms with Gasteiger partial charge in [0.15, 0.2) is 0 Å². The quantitative estimate of drug-likeness (QED) is 0.755. The molecule has 2 N–H and O–H groups in total. The van der Waals surface area contributed by atoms with Crippen LogP contribution in [0, 0.1) is 0 Å². The fourth-order valence-corrected chi connectivity index (χ4v) is 3.01. The van der Waals surface area contributed by atoms with Gasteiger partial charge in [-0.05, 0) is 44.4 Å². The zero-order valence-electron chi connectivity index (χ0n) is 10.1. The molecule has 0 aromatic heterocycles. The fraction of sp³-hybridized carbons (Fsp3) is 0.571. The first-order valence-electron chi connectivity index (χ1n) is 6.01. The van der Waals surface area contributed by atoms with Crippen molar-refractivity contribution >= 4 is 5.69 Å². The Morgan fingerprint density at radius 3 is 2.06 bits per heavy atom. The highest BCUT2D eigenvalue weighted by atomic mass is 19.1. The van der Waals surface area contributed by atoms with Crippen LogP contribution in [-0.4, -0.2) is 5.67 Å². The molecule has 16 heavy (non-hydrogen) atoms. The highest BCUT2D eigenvalue weighted by molar-refractivity contribution is 5.43. The Balaban J connectivity index is 2.44. The summed E-state index contributed by atoms with van der Waals surface area (Å²) in [5, 5.41) is 0. The first kappa shape index (κ1) is 11.4. The Kier molecular flexibility index (Phi) is 2.69. The molecule has 1 nitrogen and oxygen atoms in total. The van der Waals surface area contributed by atoms with Gasteiger partial charge in [0.25, 0.3) is 0 Å². The molecule has 2 heteroatoms. The lowest BCUT2D eigenvalue weighted by molar-refractivity contribution is 0.0918. The van der Waals surface area contributed by atoms with E-state index in [0.717, 1.165) is 36.9 Å². The molecule has 0 atom stereocenters. The van der Waals surface area contributed by atoms with Gasteiger partial charge in [0.1, 0.15) is 5.67 Å². The molecule has 0 aliphatic heterocycles. The minimum atomic E-state index is -1.17. The number of alkyl halides is 1. The Morgan fingerprint density at radius 1 is 1.12 bits per heavy atom. The van der Waals surface area contributed by atoms with Gasteiger partial charge in [-0.3, -0.25) is 0 Å². The maximum Gasteiger partial charge on any atom is 0.115 e. The molecule has 0 radical (unpaired) electrons. The molecular weight excluding hydrogens is 201 g/mol. The molecule has 1 saturated carbocycles. The number of hydrogen-bond acceptors (Lipinski definition) is 1. The van der Waals surface area contributed by atoms with E-state index >= 15 is 0 Å². The van der Waals surface area contributed by atoms with E-state index in [1.165, 1.54) is 0 Å². The number of benzene rings is 1. The molecule has 1 aliphatic carbocycles. The molecule has 1 aromatic carbocycles. The van der Waals surface area contributed by atoms with Gasteiger partial charge in [0.05, 0.1) is 0 Å². The van der Waals surface area contributed by atoms with Crippen molar-refractivity contribution < 1.29 is 4.39 Å². The molecule has 1 aliphatic rings. The number of halogens is 1. The van der Waals surface area contributed by atoms with E-state index in [1.807, 2.05) is 24.3 Å². The van der Waals surface area contributed by atoms with Gasteiger partial charge in [0, 0.05) is 11.1 Å². The Hall–Kier alpha value is -1.05. The first-order chi connectivity index (χ1) is 7.46. The smallest absolute Gasteiger partial charge is 0.115 e. The molecule has 0 spiro atoms.